The van der Waals surface area contributed by atoms with Gasteiger partial charge in [0.05, 0.1) is 12.0 Å². The fourth-order valence-electron chi connectivity index (χ4n) is 3.05. The van der Waals surface area contributed by atoms with Crippen LogP contribution in [0.3, 0.4) is 0 Å². The third kappa shape index (κ3) is 2.57. The number of rotatable bonds is 4. The lowest BCUT2D eigenvalue weighted by Crippen LogP contribution is -2.27. The lowest BCUT2D eigenvalue weighted by Gasteiger charge is -2.21. The monoisotopic (exact) mass is 238 g/mol. The van der Waals surface area contributed by atoms with E-state index in [0.717, 1.165) is 12.5 Å². The van der Waals surface area contributed by atoms with Crippen LogP contribution in [0.4, 0.5) is 0 Å². The minimum atomic E-state index is -0.626. The summed E-state index contributed by atoms with van der Waals surface area (Å²) < 4.78 is 5.56. The summed E-state index contributed by atoms with van der Waals surface area (Å²) in [5, 5.41) is 0. The van der Waals surface area contributed by atoms with Gasteiger partial charge in [0.1, 0.15) is 0 Å². The van der Waals surface area contributed by atoms with E-state index >= 15 is 0 Å². The summed E-state index contributed by atoms with van der Waals surface area (Å²) in [5.41, 5.74) is 0. The van der Waals surface area contributed by atoms with Crippen LogP contribution in [0.5, 0.6) is 0 Å². The molecule has 0 N–H and O–H groups in total. The minimum absolute atomic E-state index is 0.0546. The molecule has 0 heterocycles. The number of esters is 1. The molecule has 90 valence electrons. The Morgan fingerprint density at radius 2 is 2.19 bits per heavy atom. The molecule has 0 amide bonds. The summed E-state index contributed by atoms with van der Waals surface area (Å²) in [6.07, 6.45) is 6.79. The molecule has 0 aromatic carbocycles. The van der Waals surface area contributed by atoms with Gasteiger partial charge in [0.15, 0.2) is 0 Å². The first-order valence-corrected chi connectivity index (χ1v) is 9.57. The predicted molar refractivity (Wildman–Crippen MR) is 68.1 cm³/mol. The van der Waals surface area contributed by atoms with Gasteiger partial charge in [-0.15, -0.1) is 0 Å². The van der Waals surface area contributed by atoms with E-state index in [1.165, 1.54) is 6.42 Å². The van der Waals surface area contributed by atoms with Crippen LogP contribution >= 0.6 is 0 Å². The molecule has 2 aliphatic rings. The first kappa shape index (κ1) is 11.9. The quantitative estimate of drug-likeness (QED) is 0.427. The molecule has 0 aromatic rings. The van der Waals surface area contributed by atoms with Crippen molar-refractivity contribution < 1.29 is 9.53 Å². The zero-order chi connectivity index (χ0) is 11.7. The van der Waals surface area contributed by atoms with Crippen molar-refractivity contribution in [3.8, 4) is 0 Å². The SMILES string of the molecule is CC(C[SiH](C)C)OC(=O)C1CC2C=CC1C2. The standard InChI is InChI=1S/C13H22O2Si/c1-9(8-16(2)3)15-13(14)12-7-10-4-5-11(12)6-10/h4-5,9-12,16H,6-8H2,1-3H3. The number of ether oxygens (including phenoxy) is 1. The predicted octanol–water partition coefficient (Wildman–Crippen LogP) is 2.62. The van der Waals surface area contributed by atoms with Crippen LogP contribution in [0.2, 0.25) is 19.1 Å². The Morgan fingerprint density at radius 3 is 2.69 bits per heavy atom. The molecule has 2 nitrogen and oxygen atoms in total. The molecule has 0 aliphatic heterocycles. The van der Waals surface area contributed by atoms with Crippen molar-refractivity contribution >= 4 is 14.8 Å². The second-order valence-electron chi connectivity index (χ2n) is 5.76. The first-order valence-electron chi connectivity index (χ1n) is 6.45. The van der Waals surface area contributed by atoms with E-state index in [4.69, 9.17) is 4.74 Å². The van der Waals surface area contributed by atoms with Gasteiger partial charge in [-0.3, -0.25) is 4.79 Å². The highest BCUT2D eigenvalue weighted by Gasteiger charge is 2.41. The molecule has 1 fully saturated rings. The molecule has 16 heavy (non-hydrogen) atoms. The molecule has 0 aromatic heterocycles. The second kappa shape index (κ2) is 4.74. The van der Waals surface area contributed by atoms with Crippen molar-refractivity contribution in [2.75, 3.05) is 0 Å². The smallest absolute Gasteiger partial charge is 0.309 e. The number of carbonyl (C=O) groups is 1. The summed E-state index contributed by atoms with van der Waals surface area (Å²) >= 11 is 0. The Labute approximate surface area is 99.7 Å². The Kier molecular flexibility index (Phi) is 3.52. The molecule has 4 atom stereocenters. The molecule has 0 spiro atoms. The molecule has 0 saturated heterocycles. The maximum Gasteiger partial charge on any atom is 0.309 e. The molecule has 3 heteroatoms. The molecule has 0 radical (unpaired) electrons. The maximum atomic E-state index is 12.0. The molecular weight excluding hydrogens is 216 g/mol. The van der Waals surface area contributed by atoms with Gasteiger partial charge in [-0.25, -0.2) is 0 Å². The van der Waals surface area contributed by atoms with Gasteiger partial charge in [0.25, 0.3) is 0 Å². The average molecular weight is 238 g/mol. The summed E-state index contributed by atoms with van der Waals surface area (Å²) in [4.78, 5) is 12.0. The van der Waals surface area contributed by atoms with E-state index in [9.17, 15) is 4.79 Å². The largest absolute Gasteiger partial charge is 0.463 e. The second-order valence-corrected chi connectivity index (χ2v) is 9.02. The summed E-state index contributed by atoms with van der Waals surface area (Å²) in [5.74, 6) is 1.34. The lowest BCUT2D eigenvalue weighted by atomic mass is 9.94. The van der Waals surface area contributed by atoms with Crippen molar-refractivity contribution in [1.29, 1.82) is 0 Å². The first-order chi connectivity index (χ1) is 7.56. The Hall–Kier alpha value is -0.573. The van der Waals surface area contributed by atoms with E-state index in [1.807, 2.05) is 6.92 Å². The number of allylic oxidation sites excluding steroid dienone is 2. The van der Waals surface area contributed by atoms with E-state index in [0.29, 0.717) is 11.8 Å². The van der Waals surface area contributed by atoms with Gasteiger partial charge in [-0.05, 0) is 37.6 Å². The van der Waals surface area contributed by atoms with Crippen molar-refractivity contribution in [3.05, 3.63) is 12.2 Å². The highest BCUT2D eigenvalue weighted by atomic mass is 28.3. The van der Waals surface area contributed by atoms with Crippen molar-refractivity contribution in [1.82, 2.24) is 0 Å². The van der Waals surface area contributed by atoms with E-state index in [-0.39, 0.29) is 18.0 Å². The summed E-state index contributed by atoms with van der Waals surface area (Å²) in [6, 6.07) is 1.10. The van der Waals surface area contributed by atoms with Gasteiger partial charge in [0, 0.05) is 8.80 Å². The zero-order valence-corrected chi connectivity index (χ0v) is 11.6. The average Bonchev–Trinajstić information content (AvgIpc) is 2.76. The Bertz CT molecular complexity index is 298. The number of hydrogen-bond donors (Lipinski definition) is 0. The normalized spacial score (nSPS) is 33.4. The third-order valence-corrected chi connectivity index (χ3v) is 5.31. The van der Waals surface area contributed by atoms with Gasteiger partial charge < -0.3 is 4.74 Å². The van der Waals surface area contributed by atoms with E-state index in [1.54, 1.807) is 0 Å². The van der Waals surface area contributed by atoms with Crippen LogP contribution in [0, 0.1) is 17.8 Å². The van der Waals surface area contributed by atoms with Gasteiger partial charge >= 0.3 is 5.97 Å². The highest BCUT2D eigenvalue weighted by molar-refractivity contribution is 6.55. The fraction of sp³-hybridized carbons (Fsp3) is 0.769. The fourth-order valence-corrected chi connectivity index (χ4v) is 4.47. The molecule has 2 rings (SSSR count). The van der Waals surface area contributed by atoms with Crippen LogP contribution in [-0.2, 0) is 9.53 Å². The number of fused-ring (bicyclic) bond motifs is 2. The van der Waals surface area contributed by atoms with E-state index < -0.39 is 8.80 Å². The Balaban J connectivity index is 1.82. The maximum absolute atomic E-state index is 12.0. The zero-order valence-electron chi connectivity index (χ0n) is 10.5. The van der Waals surface area contributed by atoms with Crippen molar-refractivity contribution in [3.63, 3.8) is 0 Å². The Morgan fingerprint density at radius 1 is 1.44 bits per heavy atom. The number of carbonyl (C=O) groups excluding carboxylic acids is 1. The highest BCUT2D eigenvalue weighted by Crippen LogP contribution is 2.44. The van der Waals surface area contributed by atoms with Crippen LogP contribution in [0.1, 0.15) is 19.8 Å². The lowest BCUT2D eigenvalue weighted by molar-refractivity contribution is -0.153. The van der Waals surface area contributed by atoms with E-state index in [2.05, 4.69) is 25.2 Å². The van der Waals surface area contributed by atoms with Crippen molar-refractivity contribution in [2.24, 2.45) is 17.8 Å². The topological polar surface area (TPSA) is 26.3 Å². The molecular formula is C13H22O2Si. The minimum Gasteiger partial charge on any atom is -0.463 e. The number of hydrogen-bond acceptors (Lipinski definition) is 2. The molecule has 1 saturated carbocycles. The summed E-state index contributed by atoms with van der Waals surface area (Å²) in [7, 11) is -0.626. The van der Waals surface area contributed by atoms with Crippen LogP contribution < -0.4 is 0 Å². The molecule has 2 bridgehead atoms. The van der Waals surface area contributed by atoms with Gasteiger partial charge in [0.2, 0.25) is 0 Å². The van der Waals surface area contributed by atoms with Gasteiger partial charge in [-0.1, -0.05) is 25.2 Å². The van der Waals surface area contributed by atoms with Crippen LogP contribution in [0.15, 0.2) is 12.2 Å². The molecule has 2 aliphatic carbocycles. The third-order valence-electron chi connectivity index (χ3n) is 3.70. The van der Waals surface area contributed by atoms with Gasteiger partial charge in [-0.2, -0.15) is 0 Å². The molecule has 4 unspecified atom stereocenters. The van der Waals surface area contributed by atoms with Crippen LogP contribution in [-0.4, -0.2) is 20.9 Å². The van der Waals surface area contributed by atoms with Crippen LogP contribution in [0.25, 0.3) is 0 Å². The summed E-state index contributed by atoms with van der Waals surface area (Å²) in [6.45, 7) is 6.63. The van der Waals surface area contributed by atoms with Crippen molar-refractivity contribution in [2.45, 2.75) is 45.0 Å².